The largest absolute Gasteiger partial charge is 0.416 e. The summed E-state index contributed by atoms with van der Waals surface area (Å²) in [7, 11) is 0. The van der Waals surface area contributed by atoms with Crippen LogP contribution in [0, 0.1) is 0 Å². The number of piperidine rings is 1. The predicted molar refractivity (Wildman–Crippen MR) is 129 cm³/mol. The number of benzene rings is 2. The van der Waals surface area contributed by atoms with Crippen LogP contribution in [0.2, 0.25) is 0 Å². The van der Waals surface area contributed by atoms with Gasteiger partial charge in [-0.05, 0) is 55.5 Å². The fourth-order valence-corrected chi connectivity index (χ4v) is 5.26. The molecule has 2 aliphatic heterocycles. The second-order valence-electron chi connectivity index (χ2n) is 10.0. The van der Waals surface area contributed by atoms with Crippen molar-refractivity contribution in [3.8, 4) is 0 Å². The van der Waals surface area contributed by atoms with E-state index in [0.29, 0.717) is 31.5 Å². The van der Waals surface area contributed by atoms with E-state index in [1.807, 2.05) is 19.1 Å². The molecular formula is C27H29F6N3O3. The first-order chi connectivity index (χ1) is 18.2. The highest BCUT2D eigenvalue weighted by atomic mass is 19.4. The normalized spacial score (nSPS) is 24.8. The summed E-state index contributed by atoms with van der Waals surface area (Å²) < 4.78 is 86.2. The van der Waals surface area contributed by atoms with Crippen LogP contribution in [-0.4, -0.2) is 42.1 Å². The second kappa shape index (κ2) is 10.5. The fraction of sp³-hybridized carbons (Fsp3) is 0.481. The number of carbonyl (C=O) groups excluding carboxylic acids is 2. The summed E-state index contributed by atoms with van der Waals surface area (Å²) in [5.74, 6) is -0.409. The number of alkyl halides is 6. The van der Waals surface area contributed by atoms with Gasteiger partial charge in [0.15, 0.2) is 0 Å². The fourth-order valence-electron chi connectivity index (χ4n) is 5.26. The van der Waals surface area contributed by atoms with Crippen LogP contribution in [0.5, 0.6) is 0 Å². The summed E-state index contributed by atoms with van der Waals surface area (Å²) in [5.41, 5.74) is -4.31. The van der Waals surface area contributed by atoms with Crippen LogP contribution in [0.3, 0.4) is 0 Å². The molecule has 2 saturated heterocycles. The van der Waals surface area contributed by atoms with Gasteiger partial charge in [-0.25, -0.2) is 4.79 Å². The summed E-state index contributed by atoms with van der Waals surface area (Å²) in [6.07, 6.45) is -9.80. The summed E-state index contributed by atoms with van der Waals surface area (Å²) in [5, 5.41) is 5.74. The summed E-state index contributed by atoms with van der Waals surface area (Å²) in [4.78, 5) is 26.8. The van der Waals surface area contributed by atoms with E-state index < -0.39 is 52.6 Å². The Morgan fingerprint density at radius 1 is 0.974 bits per heavy atom. The van der Waals surface area contributed by atoms with E-state index >= 15 is 0 Å². The zero-order chi connectivity index (χ0) is 28.6. The molecule has 2 N–H and O–H groups in total. The molecule has 3 atom stereocenters. The second-order valence-corrected chi connectivity index (χ2v) is 10.0. The molecule has 0 radical (unpaired) electrons. The topological polar surface area (TPSA) is 70.7 Å². The summed E-state index contributed by atoms with van der Waals surface area (Å²) >= 11 is 0. The van der Waals surface area contributed by atoms with Crippen molar-refractivity contribution in [1.82, 2.24) is 15.5 Å². The Labute approximate surface area is 221 Å². The number of ether oxygens (including phenoxy) is 1. The number of nitrogens with zero attached hydrogens (tertiary/aromatic N) is 1. The molecule has 212 valence electrons. The SMILES string of the molecule is CCCN1C(=O)NC(=O)C12CCC(COC(C)c1cc(C(F)(F)F)cc(C(F)(F)F)c1)(c1ccccc1)NC2. The predicted octanol–water partition coefficient (Wildman–Crippen LogP) is 5.78. The zero-order valence-corrected chi connectivity index (χ0v) is 21.4. The third kappa shape index (κ3) is 5.62. The van der Waals surface area contributed by atoms with Crippen molar-refractivity contribution in [3.63, 3.8) is 0 Å². The maximum atomic E-state index is 13.4. The lowest BCUT2D eigenvalue weighted by atomic mass is 9.75. The quantitative estimate of drug-likeness (QED) is 0.335. The van der Waals surface area contributed by atoms with Gasteiger partial charge in [0.25, 0.3) is 5.91 Å². The van der Waals surface area contributed by atoms with Crippen LogP contribution in [0.4, 0.5) is 31.1 Å². The zero-order valence-electron chi connectivity index (χ0n) is 21.4. The first kappa shape index (κ1) is 28.9. The van der Waals surface area contributed by atoms with Crippen LogP contribution in [0.25, 0.3) is 0 Å². The Balaban J connectivity index is 1.61. The van der Waals surface area contributed by atoms with E-state index in [-0.39, 0.29) is 31.2 Å². The molecule has 2 fully saturated rings. The van der Waals surface area contributed by atoms with Crippen LogP contribution >= 0.6 is 0 Å². The standard InChI is InChI=1S/C27H29F6N3O3/c1-3-11-36-23(38)35-22(37)25(36)10-9-24(34-15-25,19-7-5-4-6-8-19)16-39-17(2)18-12-20(26(28,29)30)14-21(13-18)27(31,32)33/h4-8,12-14,17,34H,3,9-11,15-16H2,1-2H3,(H,35,37,38). The number of urea groups is 1. The van der Waals surface area contributed by atoms with Gasteiger partial charge in [-0.3, -0.25) is 10.1 Å². The number of hydrogen-bond acceptors (Lipinski definition) is 4. The molecule has 1 spiro atoms. The Bertz CT molecular complexity index is 1180. The minimum atomic E-state index is -4.97. The first-order valence-corrected chi connectivity index (χ1v) is 12.6. The Hall–Kier alpha value is -3.12. The number of hydrogen-bond donors (Lipinski definition) is 2. The van der Waals surface area contributed by atoms with Gasteiger partial charge in [-0.2, -0.15) is 26.3 Å². The van der Waals surface area contributed by atoms with Crippen molar-refractivity contribution >= 4 is 11.9 Å². The van der Waals surface area contributed by atoms with E-state index in [4.69, 9.17) is 4.74 Å². The van der Waals surface area contributed by atoms with Gasteiger partial charge >= 0.3 is 18.4 Å². The highest BCUT2D eigenvalue weighted by Gasteiger charge is 2.56. The number of halogens is 6. The summed E-state index contributed by atoms with van der Waals surface area (Å²) in [6.45, 7) is 3.66. The molecule has 2 aliphatic rings. The molecule has 4 rings (SSSR count). The van der Waals surface area contributed by atoms with Crippen molar-refractivity contribution in [2.75, 3.05) is 19.7 Å². The summed E-state index contributed by atoms with van der Waals surface area (Å²) in [6, 6.07) is 9.99. The smallest absolute Gasteiger partial charge is 0.372 e. The Morgan fingerprint density at radius 2 is 1.59 bits per heavy atom. The van der Waals surface area contributed by atoms with E-state index in [0.717, 1.165) is 5.56 Å². The molecule has 6 nitrogen and oxygen atoms in total. The van der Waals surface area contributed by atoms with Crippen LogP contribution < -0.4 is 10.6 Å². The maximum absolute atomic E-state index is 13.4. The minimum absolute atomic E-state index is 0.0831. The average molecular weight is 558 g/mol. The van der Waals surface area contributed by atoms with E-state index in [1.54, 1.807) is 18.2 Å². The highest BCUT2D eigenvalue weighted by Crippen LogP contribution is 2.41. The van der Waals surface area contributed by atoms with Crippen LogP contribution in [0.15, 0.2) is 48.5 Å². The molecule has 12 heteroatoms. The van der Waals surface area contributed by atoms with Crippen LogP contribution in [-0.2, 0) is 27.4 Å². The Morgan fingerprint density at radius 3 is 2.10 bits per heavy atom. The van der Waals surface area contributed by atoms with Gasteiger partial charge in [0.1, 0.15) is 5.54 Å². The first-order valence-electron chi connectivity index (χ1n) is 12.6. The number of nitrogens with one attached hydrogen (secondary N) is 2. The lowest BCUT2D eigenvalue weighted by molar-refractivity contribution is -0.143. The van der Waals surface area contributed by atoms with Gasteiger partial charge in [0.05, 0.1) is 29.4 Å². The van der Waals surface area contributed by atoms with Gasteiger partial charge in [-0.1, -0.05) is 37.3 Å². The van der Waals surface area contributed by atoms with Crippen molar-refractivity contribution in [1.29, 1.82) is 0 Å². The molecule has 0 saturated carbocycles. The molecule has 0 aromatic heterocycles. The van der Waals surface area contributed by atoms with Crippen molar-refractivity contribution in [2.24, 2.45) is 0 Å². The van der Waals surface area contributed by atoms with Crippen molar-refractivity contribution in [2.45, 2.75) is 62.6 Å². The molecule has 39 heavy (non-hydrogen) atoms. The van der Waals surface area contributed by atoms with Gasteiger partial charge < -0.3 is 15.0 Å². The Kier molecular flexibility index (Phi) is 7.74. The highest BCUT2D eigenvalue weighted by molar-refractivity contribution is 6.07. The molecule has 0 aliphatic carbocycles. The number of amides is 3. The van der Waals surface area contributed by atoms with Crippen molar-refractivity contribution in [3.05, 3.63) is 70.8 Å². The van der Waals surface area contributed by atoms with E-state index in [9.17, 15) is 35.9 Å². The molecule has 0 bridgehead atoms. The van der Waals surface area contributed by atoms with E-state index in [1.165, 1.54) is 11.8 Å². The number of imide groups is 1. The number of carbonyl (C=O) groups is 2. The number of rotatable bonds is 7. The lowest BCUT2D eigenvalue weighted by Crippen LogP contribution is -2.65. The monoisotopic (exact) mass is 557 g/mol. The maximum Gasteiger partial charge on any atom is 0.416 e. The molecule has 2 aromatic rings. The molecule has 2 heterocycles. The third-order valence-electron chi connectivity index (χ3n) is 7.52. The molecular weight excluding hydrogens is 528 g/mol. The molecule has 2 aromatic carbocycles. The van der Waals surface area contributed by atoms with Gasteiger partial charge in [-0.15, -0.1) is 0 Å². The van der Waals surface area contributed by atoms with Crippen LogP contribution in [0.1, 0.15) is 61.5 Å². The van der Waals surface area contributed by atoms with E-state index in [2.05, 4.69) is 10.6 Å². The third-order valence-corrected chi connectivity index (χ3v) is 7.52. The van der Waals surface area contributed by atoms with Gasteiger partial charge in [0, 0.05) is 13.1 Å². The van der Waals surface area contributed by atoms with Crippen molar-refractivity contribution < 1.29 is 40.7 Å². The molecule has 3 unspecified atom stereocenters. The average Bonchev–Trinajstić information content (AvgIpc) is 3.11. The molecule has 3 amide bonds. The van der Waals surface area contributed by atoms with Gasteiger partial charge in [0.2, 0.25) is 0 Å². The lowest BCUT2D eigenvalue weighted by Gasteiger charge is -2.47. The minimum Gasteiger partial charge on any atom is -0.372 e.